The van der Waals surface area contributed by atoms with E-state index in [0.29, 0.717) is 15.9 Å². The number of fused-ring (bicyclic) bond motifs is 1. The van der Waals surface area contributed by atoms with Gasteiger partial charge in [-0.3, -0.25) is 14.3 Å². The summed E-state index contributed by atoms with van der Waals surface area (Å²) in [5.41, 5.74) is 0.852. The number of rotatable bonds is 4. The quantitative estimate of drug-likeness (QED) is 0.647. The van der Waals surface area contributed by atoms with E-state index in [1.54, 1.807) is 18.3 Å². The molecular weight excluding hydrogens is 406 g/mol. The first kappa shape index (κ1) is 17.4. The first-order chi connectivity index (χ1) is 11.9. The Morgan fingerprint density at radius 3 is 2.76 bits per heavy atom. The second-order valence-electron chi connectivity index (χ2n) is 5.54. The first-order valence-electron chi connectivity index (χ1n) is 7.38. The molecule has 0 spiro atoms. The van der Waals surface area contributed by atoms with Gasteiger partial charge in [0.05, 0.1) is 45.6 Å². The Kier molecular flexibility index (Phi) is 4.74. The zero-order chi connectivity index (χ0) is 18.1. The van der Waals surface area contributed by atoms with Crippen LogP contribution in [-0.4, -0.2) is 28.2 Å². The number of hydrogen-bond donors (Lipinski definition) is 0. The van der Waals surface area contributed by atoms with Crippen molar-refractivity contribution in [2.24, 2.45) is 0 Å². The van der Waals surface area contributed by atoms with E-state index in [1.807, 2.05) is 25.1 Å². The summed E-state index contributed by atoms with van der Waals surface area (Å²) in [6.07, 6.45) is 3.32. The smallest absolute Gasteiger partial charge is 0.336 e. The van der Waals surface area contributed by atoms with Gasteiger partial charge in [-0.2, -0.15) is 5.26 Å². The lowest BCUT2D eigenvalue weighted by Crippen LogP contribution is -2.38. The molecule has 3 rings (SSSR count). The number of hydrogen-bond acceptors (Lipinski definition) is 6. The zero-order valence-corrected chi connectivity index (χ0v) is 16.0. The molecule has 0 bridgehead atoms. The van der Waals surface area contributed by atoms with Crippen molar-refractivity contribution in [3.63, 3.8) is 0 Å². The van der Waals surface area contributed by atoms with Crippen LogP contribution in [0.5, 0.6) is 0 Å². The molecule has 0 unspecified atom stereocenters. The number of aryl methyl sites for hydroxylation is 1. The van der Waals surface area contributed by atoms with Gasteiger partial charge in [-0.1, -0.05) is 0 Å². The van der Waals surface area contributed by atoms with Crippen LogP contribution in [0.15, 0.2) is 37.9 Å². The van der Waals surface area contributed by atoms with Gasteiger partial charge in [0.15, 0.2) is 0 Å². The molecule has 7 nitrogen and oxygen atoms in total. The third kappa shape index (κ3) is 3.10. The predicted molar refractivity (Wildman–Crippen MR) is 102 cm³/mol. The van der Waals surface area contributed by atoms with E-state index in [9.17, 15) is 9.59 Å². The molecule has 0 atom stereocenters. The Morgan fingerprint density at radius 1 is 1.32 bits per heavy atom. The normalized spacial score (nSPS) is 10.8. The number of pyridine rings is 1. The average Bonchev–Trinajstić information content (AvgIpc) is 2.97. The second kappa shape index (κ2) is 6.82. The molecule has 0 aromatic carbocycles. The van der Waals surface area contributed by atoms with Crippen LogP contribution in [0.25, 0.3) is 15.9 Å². The van der Waals surface area contributed by atoms with Gasteiger partial charge in [0.1, 0.15) is 4.70 Å². The standard InChI is InChI=1S/C16H14BrN5O2S/c1-20(2)10-6-11(9-19-8-10)22-15(23)14-12(7-13(17)25-14)21(16(22)24)5-3-4-18/h6-9H,3,5H2,1-2H3. The molecule has 0 saturated heterocycles. The maximum Gasteiger partial charge on any atom is 0.336 e. The molecule has 0 aliphatic heterocycles. The molecule has 25 heavy (non-hydrogen) atoms. The first-order valence-corrected chi connectivity index (χ1v) is 8.99. The lowest BCUT2D eigenvalue weighted by atomic mass is 10.3. The van der Waals surface area contributed by atoms with Crippen LogP contribution in [-0.2, 0) is 6.54 Å². The summed E-state index contributed by atoms with van der Waals surface area (Å²) in [5, 5.41) is 8.88. The number of halogens is 1. The van der Waals surface area contributed by atoms with E-state index in [2.05, 4.69) is 20.9 Å². The van der Waals surface area contributed by atoms with Crippen molar-refractivity contribution < 1.29 is 0 Å². The number of nitrogens with zero attached hydrogens (tertiary/aromatic N) is 5. The minimum absolute atomic E-state index is 0.177. The van der Waals surface area contributed by atoms with Gasteiger partial charge >= 0.3 is 5.69 Å². The molecule has 0 amide bonds. The van der Waals surface area contributed by atoms with Crippen LogP contribution >= 0.6 is 27.3 Å². The Hall–Kier alpha value is -2.44. The Bertz CT molecular complexity index is 1110. The lowest BCUT2D eigenvalue weighted by Gasteiger charge is -2.14. The van der Waals surface area contributed by atoms with Crippen LogP contribution in [0.2, 0.25) is 0 Å². The number of aromatic nitrogens is 3. The molecule has 3 heterocycles. The SMILES string of the molecule is CN(C)c1cncc(-n2c(=O)c3sc(Br)cc3n(CCC#N)c2=O)c1. The zero-order valence-electron chi connectivity index (χ0n) is 13.6. The molecule has 0 saturated carbocycles. The van der Waals surface area contributed by atoms with Crippen molar-refractivity contribution in [1.29, 1.82) is 5.26 Å². The summed E-state index contributed by atoms with van der Waals surface area (Å²) in [6, 6.07) is 5.51. The summed E-state index contributed by atoms with van der Waals surface area (Å²) >= 11 is 4.63. The molecule has 9 heteroatoms. The molecule has 128 valence electrons. The van der Waals surface area contributed by atoms with Crippen molar-refractivity contribution in [3.8, 4) is 11.8 Å². The van der Waals surface area contributed by atoms with Crippen molar-refractivity contribution in [2.45, 2.75) is 13.0 Å². The van der Waals surface area contributed by atoms with Gasteiger partial charge in [0, 0.05) is 20.6 Å². The highest BCUT2D eigenvalue weighted by Crippen LogP contribution is 2.27. The van der Waals surface area contributed by atoms with Crippen molar-refractivity contribution in [3.05, 3.63) is 49.2 Å². The van der Waals surface area contributed by atoms with Crippen molar-refractivity contribution in [1.82, 2.24) is 14.1 Å². The highest BCUT2D eigenvalue weighted by Gasteiger charge is 2.17. The van der Waals surface area contributed by atoms with Crippen LogP contribution in [0, 0.1) is 11.3 Å². The van der Waals surface area contributed by atoms with Crippen molar-refractivity contribution >= 4 is 43.2 Å². The van der Waals surface area contributed by atoms with Crippen LogP contribution in [0.3, 0.4) is 0 Å². The number of thiophene rings is 1. The maximum atomic E-state index is 13.0. The average molecular weight is 420 g/mol. The third-order valence-corrected chi connectivity index (χ3v) is 5.34. The van der Waals surface area contributed by atoms with E-state index in [1.165, 1.54) is 22.1 Å². The maximum absolute atomic E-state index is 13.0. The van der Waals surface area contributed by atoms with Gasteiger partial charge in [-0.05, 0) is 28.1 Å². The molecule has 0 N–H and O–H groups in total. The molecule has 0 aliphatic rings. The van der Waals surface area contributed by atoms with Crippen molar-refractivity contribution in [2.75, 3.05) is 19.0 Å². The summed E-state index contributed by atoms with van der Waals surface area (Å²) in [5.74, 6) is 0. The molecule has 3 aromatic heterocycles. The van der Waals surface area contributed by atoms with Gasteiger partial charge in [-0.25, -0.2) is 9.36 Å². The number of anilines is 1. The van der Waals surface area contributed by atoms with E-state index in [4.69, 9.17) is 5.26 Å². The largest absolute Gasteiger partial charge is 0.376 e. The summed E-state index contributed by atoms with van der Waals surface area (Å²) < 4.78 is 3.79. The van der Waals surface area contributed by atoms with Gasteiger partial charge in [0.25, 0.3) is 5.56 Å². The third-order valence-electron chi connectivity index (χ3n) is 3.72. The fraction of sp³-hybridized carbons (Fsp3) is 0.250. The molecule has 0 fully saturated rings. The highest BCUT2D eigenvalue weighted by molar-refractivity contribution is 9.11. The molecule has 0 radical (unpaired) electrons. The lowest BCUT2D eigenvalue weighted by molar-refractivity contribution is 0.662. The van der Waals surface area contributed by atoms with E-state index in [-0.39, 0.29) is 18.5 Å². The highest BCUT2D eigenvalue weighted by atomic mass is 79.9. The van der Waals surface area contributed by atoms with Crippen LogP contribution < -0.4 is 16.1 Å². The summed E-state index contributed by atoms with van der Waals surface area (Å²) in [4.78, 5) is 31.8. The molecule has 3 aromatic rings. The fourth-order valence-corrected chi connectivity index (χ4v) is 4.03. The van der Waals surface area contributed by atoms with Gasteiger partial charge in [0.2, 0.25) is 0 Å². The molecule has 0 aliphatic carbocycles. The van der Waals surface area contributed by atoms with E-state index in [0.717, 1.165) is 14.0 Å². The fourth-order valence-electron chi connectivity index (χ4n) is 2.51. The number of nitriles is 1. The van der Waals surface area contributed by atoms with Gasteiger partial charge < -0.3 is 4.90 Å². The van der Waals surface area contributed by atoms with Crippen LogP contribution in [0.4, 0.5) is 5.69 Å². The summed E-state index contributed by atoms with van der Waals surface area (Å²) in [6.45, 7) is 0.218. The topological polar surface area (TPSA) is 83.9 Å². The van der Waals surface area contributed by atoms with E-state index < -0.39 is 5.69 Å². The molecular formula is C16H14BrN5O2S. The Labute approximate surface area is 155 Å². The van der Waals surface area contributed by atoms with Gasteiger partial charge in [-0.15, -0.1) is 11.3 Å². The predicted octanol–water partition coefficient (Wildman–Crippen LogP) is 2.35. The monoisotopic (exact) mass is 419 g/mol. The Morgan fingerprint density at radius 2 is 2.08 bits per heavy atom. The Balaban J connectivity index is 2.36. The minimum Gasteiger partial charge on any atom is -0.376 e. The second-order valence-corrected chi connectivity index (χ2v) is 7.97. The van der Waals surface area contributed by atoms with Crippen LogP contribution in [0.1, 0.15) is 6.42 Å². The minimum atomic E-state index is -0.476. The van der Waals surface area contributed by atoms with E-state index >= 15 is 0 Å². The summed E-state index contributed by atoms with van der Waals surface area (Å²) in [7, 11) is 3.71.